The Kier molecular flexibility index (Phi) is 5.00. The standard InChI is InChI=1S/C16H15F2NO2/c17-13-5-2-11(3-6-13)12-4-7-14(15(18)10-12)16(21)19-8-1-9-20/h2-7,10,20H,1,8-9H2,(H,19,21). The molecule has 110 valence electrons. The zero-order chi connectivity index (χ0) is 15.2. The molecule has 21 heavy (non-hydrogen) atoms. The molecule has 0 radical (unpaired) electrons. The minimum absolute atomic E-state index is 0.0354. The maximum Gasteiger partial charge on any atom is 0.254 e. The Morgan fingerprint density at radius 1 is 1.05 bits per heavy atom. The second kappa shape index (κ2) is 6.95. The second-order valence-corrected chi connectivity index (χ2v) is 4.53. The summed E-state index contributed by atoms with van der Waals surface area (Å²) in [5.74, 6) is -1.52. The van der Waals surface area contributed by atoms with Gasteiger partial charge in [0, 0.05) is 13.2 Å². The highest BCUT2D eigenvalue weighted by atomic mass is 19.1. The molecule has 0 atom stereocenters. The molecule has 0 unspecified atom stereocenters. The first-order valence-corrected chi connectivity index (χ1v) is 6.56. The van der Waals surface area contributed by atoms with Gasteiger partial charge in [0.1, 0.15) is 11.6 Å². The van der Waals surface area contributed by atoms with Gasteiger partial charge in [-0.2, -0.15) is 0 Å². The molecular formula is C16H15F2NO2. The predicted octanol–water partition coefficient (Wildman–Crippen LogP) is 2.74. The summed E-state index contributed by atoms with van der Waals surface area (Å²) in [5.41, 5.74) is 1.18. The van der Waals surface area contributed by atoms with Gasteiger partial charge in [0.05, 0.1) is 5.56 Å². The number of hydrogen-bond donors (Lipinski definition) is 2. The van der Waals surface area contributed by atoms with Gasteiger partial charge in [0.2, 0.25) is 0 Å². The van der Waals surface area contributed by atoms with Crippen LogP contribution >= 0.6 is 0 Å². The lowest BCUT2D eigenvalue weighted by molar-refractivity contribution is 0.0947. The van der Waals surface area contributed by atoms with E-state index < -0.39 is 11.7 Å². The smallest absolute Gasteiger partial charge is 0.254 e. The van der Waals surface area contributed by atoms with Gasteiger partial charge in [0.25, 0.3) is 5.91 Å². The molecule has 1 amide bonds. The van der Waals surface area contributed by atoms with Crippen LogP contribution < -0.4 is 5.32 Å². The van der Waals surface area contributed by atoms with E-state index in [0.717, 1.165) is 0 Å². The second-order valence-electron chi connectivity index (χ2n) is 4.53. The van der Waals surface area contributed by atoms with Gasteiger partial charge in [0.15, 0.2) is 0 Å². The third-order valence-corrected chi connectivity index (χ3v) is 3.01. The number of aliphatic hydroxyl groups is 1. The number of carbonyl (C=O) groups excluding carboxylic acids is 1. The largest absolute Gasteiger partial charge is 0.396 e. The Labute approximate surface area is 121 Å². The maximum atomic E-state index is 14.0. The Bertz CT molecular complexity index is 627. The van der Waals surface area contributed by atoms with Crippen LogP contribution in [0, 0.1) is 11.6 Å². The molecule has 0 heterocycles. The lowest BCUT2D eigenvalue weighted by Crippen LogP contribution is -2.25. The molecule has 0 aliphatic heterocycles. The van der Waals surface area contributed by atoms with Crippen LogP contribution in [0.25, 0.3) is 11.1 Å². The molecule has 0 aliphatic rings. The first kappa shape index (κ1) is 15.1. The van der Waals surface area contributed by atoms with Gasteiger partial charge in [-0.3, -0.25) is 4.79 Å². The highest BCUT2D eigenvalue weighted by Crippen LogP contribution is 2.22. The molecular weight excluding hydrogens is 276 g/mol. The van der Waals surface area contributed by atoms with Gasteiger partial charge in [-0.05, 0) is 41.8 Å². The monoisotopic (exact) mass is 291 g/mol. The molecule has 5 heteroatoms. The van der Waals surface area contributed by atoms with Gasteiger partial charge >= 0.3 is 0 Å². The van der Waals surface area contributed by atoms with Crippen molar-refractivity contribution in [3.05, 3.63) is 59.7 Å². The summed E-state index contributed by atoms with van der Waals surface area (Å²) in [6.07, 6.45) is 0.418. The summed E-state index contributed by atoms with van der Waals surface area (Å²) in [4.78, 5) is 11.8. The quantitative estimate of drug-likeness (QED) is 0.832. The first-order valence-electron chi connectivity index (χ1n) is 6.56. The van der Waals surface area contributed by atoms with E-state index >= 15 is 0 Å². The zero-order valence-electron chi connectivity index (χ0n) is 11.3. The van der Waals surface area contributed by atoms with Crippen molar-refractivity contribution in [3.8, 4) is 11.1 Å². The van der Waals surface area contributed by atoms with E-state index in [1.807, 2.05) is 0 Å². The van der Waals surface area contributed by atoms with Crippen molar-refractivity contribution in [2.75, 3.05) is 13.2 Å². The van der Waals surface area contributed by atoms with E-state index in [-0.39, 0.29) is 24.5 Å². The van der Waals surface area contributed by atoms with E-state index in [9.17, 15) is 13.6 Å². The molecule has 2 aromatic rings. The molecule has 2 aromatic carbocycles. The lowest BCUT2D eigenvalue weighted by Gasteiger charge is -2.07. The van der Waals surface area contributed by atoms with Crippen molar-refractivity contribution in [3.63, 3.8) is 0 Å². The van der Waals surface area contributed by atoms with Crippen molar-refractivity contribution in [1.29, 1.82) is 0 Å². The van der Waals surface area contributed by atoms with Crippen LogP contribution in [0.1, 0.15) is 16.8 Å². The van der Waals surface area contributed by atoms with Gasteiger partial charge in [-0.25, -0.2) is 8.78 Å². The SMILES string of the molecule is O=C(NCCCO)c1ccc(-c2ccc(F)cc2)cc1F. The number of halogens is 2. The lowest BCUT2D eigenvalue weighted by atomic mass is 10.0. The molecule has 2 N–H and O–H groups in total. The van der Waals surface area contributed by atoms with Crippen LogP contribution in [-0.4, -0.2) is 24.2 Å². The van der Waals surface area contributed by atoms with Crippen molar-refractivity contribution in [2.45, 2.75) is 6.42 Å². The highest BCUT2D eigenvalue weighted by Gasteiger charge is 2.12. The van der Waals surface area contributed by atoms with Crippen LogP contribution in [-0.2, 0) is 0 Å². The summed E-state index contributed by atoms with van der Waals surface area (Å²) in [6.45, 7) is 0.251. The van der Waals surface area contributed by atoms with Crippen molar-refractivity contribution >= 4 is 5.91 Å². The first-order chi connectivity index (χ1) is 10.1. The normalized spacial score (nSPS) is 10.4. The predicted molar refractivity (Wildman–Crippen MR) is 75.8 cm³/mol. The highest BCUT2D eigenvalue weighted by molar-refractivity contribution is 5.95. The summed E-state index contributed by atoms with van der Waals surface area (Å²) in [6, 6.07) is 9.93. The number of benzene rings is 2. The number of amides is 1. The number of rotatable bonds is 5. The van der Waals surface area contributed by atoms with E-state index in [2.05, 4.69) is 5.32 Å². The summed E-state index contributed by atoms with van der Waals surface area (Å²) in [5, 5.41) is 11.2. The third-order valence-electron chi connectivity index (χ3n) is 3.01. The van der Waals surface area contributed by atoms with Gasteiger partial charge in [-0.1, -0.05) is 18.2 Å². The van der Waals surface area contributed by atoms with Crippen LogP contribution in [0.3, 0.4) is 0 Å². The average Bonchev–Trinajstić information content (AvgIpc) is 2.48. The van der Waals surface area contributed by atoms with Crippen molar-refractivity contribution in [2.24, 2.45) is 0 Å². The molecule has 0 saturated heterocycles. The molecule has 0 aromatic heterocycles. The molecule has 0 bridgehead atoms. The van der Waals surface area contributed by atoms with Crippen molar-refractivity contribution < 1.29 is 18.7 Å². The topological polar surface area (TPSA) is 49.3 Å². The average molecular weight is 291 g/mol. The van der Waals surface area contributed by atoms with E-state index in [4.69, 9.17) is 5.11 Å². The fourth-order valence-corrected chi connectivity index (χ4v) is 1.90. The van der Waals surface area contributed by atoms with Gasteiger partial charge < -0.3 is 10.4 Å². The van der Waals surface area contributed by atoms with Crippen LogP contribution in [0.5, 0.6) is 0 Å². The minimum atomic E-state index is -0.640. The van der Waals surface area contributed by atoms with Crippen molar-refractivity contribution in [1.82, 2.24) is 5.32 Å². The Morgan fingerprint density at radius 2 is 1.71 bits per heavy atom. The molecule has 0 aliphatic carbocycles. The Morgan fingerprint density at radius 3 is 2.33 bits per heavy atom. The summed E-state index contributed by atoms with van der Waals surface area (Å²) in [7, 11) is 0. The Balaban J connectivity index is 2.17. The fraction of sp³-hybridized carbons (Fsp3) is 0.188. The number of carbonyl (C=O) groups is 1. The number of hydrogen-bond acceptors (Lipinski definition) is 2. The molecule has 3 nitrogen and oxygen atoms in total. The van der Waals surface area contributed by atoms with Crippen LogP contribution in [0.4, 0.5) is 8.78 Å². The zero-order valence-corrected chi connectivity index (χ0v) is 11.3. The molecule has 0 saturated carbocycles. The molecule has 0 fully saturated rings. The Hall–Kier alpha value is -2.27. The van der Waals surface area contributed by atoms with E-state index in [1.54, 1.807) is 18.2 Å². The number of aliphatic hydroxyl groups excluding tert-OH is 1. The summed E-state index contributed by atoms with van der Waals surface area (Å²) < 4.78 is 26.8. The fourth-order valence-electron chi connectivity index (χ4n) is 1.90. The van der Waals surface area contributed by atoms with Gasteiger partial charge in [-0.15, -0.1) is 0 Å². The molecule has 0 spiro atoms. The number of nitrogens with one attached hydrogen (secondary N) is 1. The maximum absolute atomic E-state index is 14.0. The summed E-state index contributed by atoms with van der Waals surface area (Å²) >= 11 is 0. The van der Waals surface area contributed by atoms with Crippen LogP contribution in [0.2, 0.25) is 0 Å². The minimum Gasteiger partial charge on any atom is -0.396 e. The third kappa shape index (κ3) is 3.86. The van der Waals surface area contributed by atoms with E-state index in [1.165, 1.54) is 24.3 Å². The molecule has 2 rings (SSSR count). The van der Waals surface area contributed by atoms with Crippen LogP contribution in [0.15, 0.2) is 42.5 Å². The van der Waals surface area contributed by atoms with E-state index in [0.29, 0.717) is 17.5 Å².